The Morgan fingerprint density at radius 3 is 3.38 bits per heavy atom. The molecular formula is C10H8N6. The molecule has 2 aromatic heterocycles. The molecule has 0 aliphatic rings. The lowest BCUT2D eigenvalue weighted by Crippen LogP contribution is -1.92. The van der Waals surface area contributed by atoms with Gasteiger partial charge in [-0.2, -0.15) is 5.10 Å². The molecule has 0 aliphatic carbocycles. The van der Waals surface area contributed by atoms with Crippen molar-refractivity contribution in [3.63, 3.8) is 0 Å². The van der Waals surface area contributed by atoms with E-state index in [-0.39, 0.29) is 0 Å². The van der Waals surface area contributed by atoms with E-state index in [1.54, 1.807) is 16.9 Å². The van der Waals surface area contributed by atoms with E-state index in [1.807, 2.05) is 12.1 Å². The zero-order valence-electron chi connectivity index (χ0n) is 8.41. The van der Waals surface area contributed by atoms with Crippen LogP contribution in [0.15, 0.2) is 29.6 Å². The second-order valence-electron chi connectivity index (χ2n) is 2.94. The monoisotopic (exact) mass is 212 g/mol. The molecule has 78 valence electrons. The molecule has 0 bridgehead atoms. The Hall–Kier alpha value is -2.51. The van der Waals surface area contributed by atoms with Crippen molar-refractivity contribution in [2.45, 2.75) is 6.42 Å². The Morgan fingerprint density at radius 1 is 1.56 bits per heavy atom. The summed E-state index contributed by atoms with van der Waals surface area (Å²) in [6, 6.07) is 3.68. The highest BCUT2D eigenvalue weighted by atomic mass is 15.2. The van der Waals surface area contributed by atoms with Crippen molar-refractivity contribution >= 4 is 5.65 Å². The van der Waals surface area contributed by atoms with E-state index in [1.165, 1.54) is 0 Å². The number of nitrogens with zero attached hydrogens (tertiary/aromatic N) is 6. The van der Waals surface area contributed by atoms with Crippen LogP contribution in [0.1, 0.15) is 12.1 Å². The number of hydrogen-bond acceptors (Lipinski definition) is 3. The third-order valence-electron chi connectivity index (χ3n) is 1.89. The van der Waals surface area contributed by atoms with E-state index < -0.39 is 0 Å². The first kappa shape index (κ1) is 10.0. The van der Waals surface area contributed by atoms with E-state index >= 15 is 0 Å². The molecule has 2 heterocycles. The molecule has 6 heteroatoms. The minimum absolute atomic E-state index is 0.383. The molecule has 16 heavy (non-hydrogen) atoms. The molecule has 2 aromatic rings. The van der Waals surface area contributed by atoms with Gasteiger partial charge in [-0.1, -0.05) is 11.0 Å². The van der Waals surface area contributed by atoms with Gasteiger partial charge >= 0.3 is 0 Å². The molecular weight excluding hydrogens is 204 g/mol. The standard InChI is InChI=1S/C10H8N6/c11-15-13-6-2-1-4-9-8-12-10-5-3-7-14-16(9)10/h3,5,7-8H,2,6H2. The Bertz CT molecular complexity index is 596. The van der Waals surface area contributed by atoms with Crippen LogP contribution in [0.4, 0.5) is 0 Å². The lowest BCUT2D eigenvalue weighted by molar-refractivity contribution is 0.922. The number of hydrogen-bond donors (Lipinski definition) is 0. The highest BCUT2D eigenvalue weighted by molar-refractivity contribution is 5.42. The van der Waals surface area contributed by atoms with Crippen LogP contribution < -0.4 is 0 Å². The quantitative estimate of drug-likeness (QED) is 0.250. The minimum atomic E-state index is 0.383. The summed E-state index contributed by atoms with van der Waals surface area (Å²) in [6.45, 7) is 0.383. The first-order valence-electron chi connectivity index (χ1n) is 4.70. The van der Waals surface area contributed by atoms with Crippen molar-refractivity contribution in [1.29, 1.82) is 0 Å². The largest absolute Gasteiger partial charge is 0.234 e. The van der Waals surface area contributed by atoms with Gasteiger partial charge in [0, 0.05) is 24.1 Å². The van der Waals surface area contributed by atoms with Gasteiger partial charge in [0.25, 0.3) is 0 Å². The SMILES string of the molecule is [N-]=[N+]=NCCC#Cc1cnc2cccnn12. The maximum atomic E-state index is 8.08. The predicted octanol–water partition coefficient (Wildman–Crippen LogP) is 1.78. The predicted molar refractivity (Wildman–Crippen MR) is 58.5 cm³/mol. The first-order chi connectivity index (χ1) is 7.92. The van der Waals surface area contributed by atoms with Crippen LogP contribution in [0, 0.1) is 11.8 Å². The van der Waals surface area contributed by atoms with Gasteiger partial charge in [-0.15, -0.1) is 0 Å². The summed E-state index contributed by atoms with van der Waals surface area (Å²) in [4.78, 5) is 6.80. The second kappa shape index (κ2) is 4.82. The maximum Gasteiger partial charge on any atom is 0.154 e. The average molecular weight is 212 g/mol. The molecule has 0 N–H and O–H groups in total. The van der Waals surface area contributed by atoms with Crippen LogP contribution in [0.25, 0.3) is 16.1 Å². The topological polar surface area (TPSA) is 79.0 Å². The summed E-state index contributed by atoms with van der Waals surface area (Å²) in [7, 11) is 0. The summed E-state index contributed by atoms with van der Waals surface area (Å²) in [5.41, 5.74) is 9.58. The van der Waals surface area contributed by atoms with Crippen molar-refractivity contribution in [2.75, 3.05) is 6.54 Å². The summed E-state index contributed by atoms with van der Waals surface area (Å²) in [5.74, 6) is 5.83. The van der Waals surface area contributed by atoms with Crippen molar-refractivity contribution in [3.8, 4) is 11.8 Å². The van der Waals surface area contributed by atoms with Crippen LogP contribution in [-0.4, -0.2) is 21.1 Å². The number of imidazole rings is 1. The van der Waals surface area contributed by atoms with Crippen molar-refractivity contribution in [3.05, 3.63) is 40.7 Å². The van der Waals surface area contributed by atoms with E-state index in [0.717, 1.165) is 11.3 Å². The third-order valence-corrected chi connectivity index (χ3v) is 1.89. The normalized spacial score (nSPS) is 9.25. The highest BCUT2D eigenvalue weighted by Crippen LogP contribution is 2.01. The fourth-order valence-corrected chi connectivity index (χ4v) is 1.22. The number of fused-ring (bicyclic) bond motifs is 1. The minimum Gasteiger partial charge on any atom is -0.234 e. The van der Waals surface area contributed by atoms with Gasteiger partial charge in [0.1, 0.15) is 5.69 Å². The molecule has 0 aromatic carbocycles. The summed E-state index contributed by atoms with van der Waals surface area (Å²) in [5, 5.41) is 7.52. The molecule has 0 saturated heterocycles. The summed E-state index contributed by atoms with van der Waals surface area (Å²) < 4.78 is 1.67. The van der Waals surface area contributed by atoms with Crippen molar-refractivity contribution in [1.82, 2.24) is 14.6 Å². The number of rotatable bonds is 2. The van der Waals surface area contributed by atoms with Crippen LogP contribution in [0.5, 0.6) is 0 Å². The van der Waals surface area contributed by atoms with Gasteiger partial charge in [-0.3, -0.25) is 0 Å². The first-order valence-corrected chi connectivity index (χ1v) is 4.70. The molecule has 0 saturated carbocycles. The van der Waals surface area contributed by atoms with E-state index in [0.29, 0.717) is 13.0 Å². The fraction of sp³-hybridized carbons (Fsp3) is 0.200. The lowest BCUT2D eigenvalue weighted by Gasteiger charge is -1.90. The molecule has 0 radical (unpaired) electrons. The van der Waals surface area contributed by atoms with Gasteiger partial charge in [0.15, 0.2) is 5.65 Å². The molecule has 0 spiro atoms. The van der Waals surface area contributed by atoms with Crippen LogP contribution in [-0.2, 0) is 0 Å². The molecule has 0 fully saturated rings. The fourth-order valence-electron chi connectivity index (χ4n) is 1.22. The Labute approximate surface area is 91.6 Å². The second-order valence-corrected chi connectivity index (χ2v) is 2.94. The Morgan fingerprint density at radius 2 is 2.50 bits per heavy atom. The smallest absolute Gasteiger partial charge is 0.154 e. The van der Waals surface area contributed by atoms with Gasteiger partial charge in [0.05, 0.1) is 6.20 Å². The van der Waals surface area contributed by atoms with Crippen molar-refractivity contribution in [2.24, 2.45) is 5.11 Å². The number of azide groups is 1. The van der Waals surface area contributed by atoms with E-state index in [9.17, 15) is 0 Å². The van der Waals surface area contributed by atoms with Crippen LogP contribution in [0.2, 0.25) is 0 Å². The molecule has 0 amide bonds. The third kappa shape index (κ3) is 2.11. The zero-order chi connectivity index (χ0) is 11.2. The van der Waals surface area contributed by atoms with Crippen LogP contribution in [0.3, 0.4) is 0 Å². The zero-order valence-corrected chi connectivity index (χ0v) is 8.41. The number of aromatic nitrogens is 3. The lowest BCUT2D eigenvalue weighted by atomic mass is 10.4. The van der Waals surface area contributed by atoms with Gasteiger partial charge in [0.2, 0.25) is 0 Å². The molecule has 0 atom stereocenters. The summed E-state index contributed by atoms with van der Waals surface area (Å²) in [6.07, 6.45) is 3.88. The highest BCUT2D eigenvalue weighted by Gasteiger charge is 1.98. The Balaban J connectivity index is 2.18. The molecule has 0 unspecified atom stereocenters. The van der Waals surface area contributed by atoms with Gasteiger partial charge in [-0.05, 0) is 23.6 Å². The maximum absolute atomic E-state index is 8.08. The van der Waals surface area contributed by atoms with Crippen LogP contribution >= 0.6 is 0 Å². The molecule has 6 nitrogen and oxygen atoms in total. The molecule has 2 rings (SSSR count). The van der Waals surface area contributed by atoms with E-state index in [4.69, 9.17) is 5.53 Å². The Kier molecular flexibility index (Phi) is 3.02. The van der Waals surface area contributed by atoms with Crippen molar-refractivity contribution < 1.29 is 0 Å². The average Bonchev–Trinajstić information content (AvgIpc) is 2.73. The van der Waals surface area contributed by atoms with Gasteiger partial charge < -0.3 is 0 Å². The van der Waals surface area contributed by atoms with E-state index in [2.05, 4.69) is 31.9 Å². The van der Waals surface area contributed by atoms with Gasteiger partial charge in [-0.25, -0.2) is 9.50 Å². The summed E-state index contributed by atoms with van der Waals surface area (Å²) >= 11 is 0. The molecule has 0 aliphatic heterocycles.